The van der Waals surface area contributed by atoms with Crippen molar-refractivity contribution >= 4 is 40.0 Å². The molecule has 7 nitrogen and oxygen atoms in total. The number of nitrogens with zero attached hydrogens (tertiary/aromatic N) is 3. The van der Waals surface area contributed by atoms with Gasteiger partial charge < -0.3 is 15.2 Å². The second-order valence-corrected chi connectivity index (χ2v) is 8.30. The minimum absolute atomic E-state index is 0.125. The number of carbonyl (C=O) groups is 2. The number of fused-ring (bicyclic) bond motifs is 1. The molecule has 0 aliphatic rings. The molecule has 0 radical (unpaired) electrons. The number of anilines is 1. The van der Waals surface area contributed by atoms with Gasteiger partial charge in [-0.1, -0.05) is 60.3 Å². The minimum Gasteiger partial charge on any atom is -0.342 e. The summed E-state index contributed by atoms with van der Waals surface area (Å²) in [4.78, 5) is 24.8. The second-order valence-electron chi connectivity index (χ2n) is 7.36. The first kappa shape index (κ1) is 21.6. The third-order valence-electron chi connectivity index (χ3n) is 5.01. The molecule has 3 aromatic carbocycles. The molecule has 0 saturated carbocycles. The summed E-state index contributed by atoms with van der Waals surface area (Å²) >= 11 is 1.30. The first-order valence-electron chi connectivity index (χ1n) is 10.2. The Hall–Kier alpha value is -3.65. The summed E-state index contributed by atoms with van der Waals surface area (Å²) in [6.07, 6.45) is 0. The van der Waals surface area contributed by atoms with E-state index in [-0.39, 0.29) is 23.6 Å². The Morgan fingerprint density at radius 1 is 0.969 bits per heavy atom. The van der Waals surface area contributed by atoms with Gasteiger partial charge in [-0.15, -0.1) is 10.2 Å². The van der Waals surface area contributed by atoms with E-state index in [4.69, 9.17) is 0 Å². The number of rotatable bonds is 7. The lowest BCUT2D eigenvalue weighted by Crippen LogP contribution is -2.28. The van der Waals surface area contributed by atoms with Gasteiger partial charge in [0.05, 0.1) is 11.8 Å². The maximum Gasteiger partial charge on any atom is 0.251 e. The average molecular weight is 446 g/mol. The van der Waals surface area contributed by atoms with Gasteiger partial charge in [0, 0.05) is 18.3 Å². The van der Waals surface area contributed by atoms with Crippen molar-refractivity contribution in [2.75, 3.05) is 11.1 Å². The lowest BCUT2D eigenvalue weighted by atomic mass is 10.1. The van der Waals surface area contributed by atoms with Crippen LogP contribution in [-0.2, 0) is 11.8 Å². The van der Waals surface area contributed by atoms with Gasteiger partial charge in [0.15, 0.2) is 11.0 Å². The van der Waals surface area contributed by atoms with Crippen LogP contribution in [0.4, 0.5) is 5.69 Å². The fourth-order valence-electron chi connectivity index (χ4n) is 3.36. The summed E-state index contributed by atoms with van der Waals surface area (Å²) in [5.74, 6) is 0.515. The van der Waals surface area contributed by atoms with Crippen LogP contribution in [0.15, 0.2) is 78.0 Å². The summed E-state index contributed by atoms with van der Waals surface area (Å²) < 4.78 is 1.80. The van der Waals surface area contributed by atoms with Crippen molar-refractivity contribution in [2.24, 2.45) is 7.05 Å². The molecule has 0 aliphatic carbocycles. The number of carbonyl (C=O) groups excluding carboxylic acids is 2. The van der Waals surface area contributed by atoms with Crippen LogP contribution in [0.2, 0.25) is 0 Å². The molecule has 162 valence electrons. The lowest BCUT2D eigenvalue weighted by molar-refractivity contribution is -0.113. The molecule has 4 rings (SSSR count). The number of amides is 2. The van der Waals surface area contributed by atoms with Crippen LogP contribution in [0, 0.1) is 0 Å². The Morgan fingerprint density at radius 3 is 2.47 bits per heavy atom. The Kier molecular flexibility index (Phi) is 6.51. The Bertz CT molecular complexity index is 1260. The van der Waals surface area contributed by atoms with Gasteiger partial charge in [-0.2, -0.15) is 0 Å². The molecule has 1 aromatic heterocycles. The SMILES string of the molecule is C[C@@H](NC(=O)c1ccccc1)c1nnc(SCC(=O)Nc2ccc3ccccc3c2)n1C. The zero-order valence-corrected chi connectivity index (χ0v) is 18.6. The van der Waals surface area contributed by atoms with Crippen molar-refractivity contribution in [2.45, 2.75) is 18.1 Å². The number of hydrogen-bond acceptors (Lipinski definition) is 5. The third-order valence-corrected chi connectivity index (χ3v) is 6.03. The number of benzene rings is 3. The number of nitrogens with one attached hydrogen (secondary N) is 2. The highest BCUT2D eigenvalue weighted by atomic mass is 32.2. The van der Waals surface area contributed by atoms with E-state index in [1.165, 1.54) is 11.8 Å². The molecule has 2 N–H and O–H groups in total. The normalized spacial score (nSPS) is 11.8. The Morgan fingerprint density at radius 2 is 1.69 bits per heavy atom. The van der Waals surface area contributed by atoms with Crippen LogP contribution in [0.1, 0.15) is 29.1 Å². The molecule has 0 spiro atoms. The monoisotopic (exact) mass is 445 g/mol. The predicted molar refractivity (Wildman–Crippen MR) is 127 cm³/mol. The Balaban J connectivity index is 1.34. The smallest absolute Gasteiger partial charge is 0.251 e. The molecule has 0 unspecified atom stereocenters. The van der Waals surface area contributed by atoms with E-state index in [1.807, 2.05) is 74.6 Å². The van der Waals surface area contributed by atoms with Crippen molar-refractivity contribution < 1.29 is 9.59 Å². The standard InChI is InChI=1S/C24H23N5O2S/c1-16(25-23(31)18-9-4-3-5-10-18)22-27-28-24(29(22)2)32-15-21(30)26-20-13-12-17-8-6-7-11-19(17)14-20/h3-14,16H,15H2,1-2H3,(H,25,31)(H,26,30)/t16-/m1/s1. The zero-order chi connectivity index (χ0) is 22.5. The van der Waals surface area contributed by atoms with Gasteiger partial charge in [-0.05, 0) is 42.0 Å². The molecule has 32 heavy (non-hydrogen) atoms. The van der Waals surface area contributed by atoms with Gasteiger partial charge in [0.2, 0.25) is 5.91 Å². The van der Waals surface area contributed by atoms with E-state index in [2.05, 4.69) is 20.8 Å². The van der Waals surface area contributed by atoms with E-state index in [0.717, 1.165) is 16.5 Å². The van der Waals surface area contributed by atoms with Crippen LogP contribution in [0.3, 0.4) is 0 Å². The van der Waals surface area contributed by atoms with E-state index in [1.54, 1.807) is 16.7 Å². The molecular formula is C24H23N5O2S. The molecule has 1 heterocycles. The van der Waals surface area contributed by atoms with Crippen LogP contribution >= 0.6 is 11.8 Å². The van der Waals surface area contributed by atoms with Crippen molar-refractivity contribution in [3.8, 4) is 0 Å². The zero-order valence-electron chi connectivity index (χ0n) is 17.8. The molecule has 2 amide bonds. The van der Waals surface area contributed by atoms with Gasteiger partial charge in [0.25, 0.3) is 5.91 Å². The maximum atomic E-state index is 12.4. The molecule has 4 aromatic rings. The van der Waals surface area contributed by atoms with Crippen LogP contribution in [-0.4, -0.2) is 32.3 Å². The van der Waals surface area contributed by atoms with Crippen molar-refractivity contribution in [3.05, 3.63) is 84.2 Å². The average Bonchev–Trinajstić information content (AvgIpc) is 3.18. The van der Waals surface area contributed by atoms with Crippen LogP contribution < -0.4 is 10.6 Å². The maximum absolute atomic E-state index is 12.4. The van der Waals surface area contributed by atoms with E-state index >= 15 is 0 Å². The van der Waals surface area contributed by atoms with Crippen molar-refractivity contribution in [3.63, 3.8) is 0 Å². The highest BCUT2D eigenvalue weighted by Crippen LogP contribution is 2.21. The lowest BCUT2D eigenvalue weighted by Gasteiger charge is -2.13. The number of thioether (sulfide) groups is 1. The van der Waals surface area contributed by atoms with Crippen molar-refractivity contribution in [1.29, 1.82) is 0 Å². The summed E-state index contributed by atoms with van der Waals surface area (Å²) in [6.45, 7) is 1.85. The van der Waals surface area contributed by atoms with Gasteiger partial charge in [0.1, 0.15) is 0 Å². The topological polar surface area (TPSA) is 88.9 Å². The molecule has 8 heteroatoms. The second kappa shape index (κ2) is 9.65. The summed E-state index contributed by atoms with van der Waals surface area (Å²) in [7, 11) is 1.82. The molecule has 0 saturated heterocycles. The summed E-state index contributed by atoms with van der Waals surface area (Å²) in [6, 6.07) is 22.5. The summed E-state index contributed by atoms with van der Waals surface area (Å²) in [5, 5.41) is 17.0. The van der Waals surface area contributed by atoms with E-state index < -0.39 is 0 Å². The quantitative estimate of drug-likeness (QED) is 0.417. The molecule has 0 fully saturated rings. The molecule has 1 atom stereocenters. The van der Waals surface area contributed by atoms with Gasteiger partial charge in [-0.3, -0.25) is 9.59 Å². The molecule has 0 bridgehead atoms. The summed E-state index contributed by atoms with van der Waals surface area (Å²) in [5.41, 5.74) is 1.34. The van der Waals surface area contributed by atoms with Crippen LogP contribution in [0.5, 0.6) is 0 Å². The molecular weight excluding hydrogens is 422 g/mol. The first-order valence-corrected chi connectivity index (χ1v) is 11.2. The fraction of sp³-hybridized carbons (Fsp3) is 0.167. The number of hydrogen-bond donors (Lipinski definition) is 2. The van der Waals surface area contributed by atoms with E-state index in [0.29, 0.717) is 16.5 Å². The molecule has 0 aliphatic heterocycles. The van der Waals surface area contributed by atoms with Crippen LogP contribution in [0.25, 0.3) is 10.8 Å². The minimum atomic E-state index is -0.332. The highest BCUT2D eigenvalue weighted by molar-refractivity contribution is 7.99. The highest BCUT2D eigenvalue weighted by Gasteiger charge is 2.19. The third kappa shape index (κ3) is 4.97. The predicted octanol–water partition coefficient (Wildman–Crippen LogP) is 4.19. The van der Waals surface area contributed by atoms with Gasteiger partial charge in [-0.25, -0.2) is 0 Å². The number of aromatic nitrogens is 3. The van der Waals surface area contributed by atoms with E-state index in [9.17, 15) is 9.59 Å². The first-order chi connectivity index (χ1) is 15.5. The largest absolute Gasteiger partial charge is 0.342 e. The van der Waals surface area contributed by atoms with Gasteiger partial charge >= 0.3 is 0 Å². The Labute approximate surface area is 190 Å². The van der Waals surface area contributed by atoms with Crippen molar-refractivity contribution in [1.82, 2.24) is 20.1 Å². The fourth-order valence-corrected chi connectivity index (χ4v) is 4.08.